The Bertz CT molecular complexity index is 226. The Morgan fingerprint density at radius 3 is 1.93 bits per heavy atom. The standard InChI is InChI=1S/C13H24Si/c1-11(12(2)14(3,4)5)13-9-7-6-8-10-13/h13H,1-2,6-10H2,3-5H3. The second-order valence-electron chi connectivity index (χ2n) is 5.59. The van der Waals surface area contributed by atoms with Crippen molar-refractivity contribution >= 4 is 8.07 Å². The molecule has 1 aliphatic carbocycles. The highest BCUT2D eigenvalue weighted by Gasteiger charge is 2.25. The van der Waals surface area contributed by atoms with Gasteiger partial charge >= 0.3 is 0 Å². The second kappa shape index (κ2) is 4.48. The van der Waals surface area contributed by atoms with E-state index in [9.17, 15) is 0 Å². The van der Waals surface area contributed by atoms with Gasteiger partial charge in [-0.1, -0.05) is 62.8 Å². The summed E-state index contributed by atoms with van der Waals surface area (Å²) >= 11 is 0. The van der Waals surface area contributed by atoms with Crippen LogP contribution < -0.4 is 0 Å². The molecule has 0 aromatic rings. The van der Waals surface area contributed by atoms with Crippen molar-refractivity contribution < 1.29 is 0 Å². The van der Waals surface area contributed by atoms with Gasteiger partial charge in [-0.3, -0.25) is 0 Å². The second-order valence-corrected chi connectivity index (χ2v) is 10.7. The highest BCUT2D eigenvalue weighted by molar-refractivity contribution is 6.83. The molecule has 0 aromatic carbocycles. The lowest BCUT2D eigenvalue weighted by atomic mass is 9.84. The Kier molecular flexibility index (Phi) is 3.76. The molecule has 1 heteroatoms. The Hall–Kier alpha value is -0.303. The maximum Gasteiger partial charge on any atom is 0.0771 e. The molecule has 0 unspecified atom stereocenters. The first-order chi connectivity index (χ1) is 6.43. The third-order valence-electron chi connectivity index (χ3n) is 3.39. The lowest BCUT2D eigenvalue weighted by Gasteiger charge is -2.29. The zero-order valence-electron chi connectivity index (χ0n) is 10.0. The lowest BCUT2D eigenvalue weighted by molar-refractivity contribution is 0.408. The topological polar surface area (TPSA) is 0 Å². The summed E-state index contributed by atoms with van der Waals surface area (Å²) in [4.78, 5) is 0. The van der Waals surface area contributed by atoms with Gasteiger partial charge in [0.15, 0.2) is 0 Å². The van der Waals surface area contributed by atoms with Gasteiger partial charge in [0.25, 0.3) is 0 Å². The summed E-state index contributed by atoms with van der Waals surface area (Å²) in [7, 11) is -1.20. The summed E-state index contributed by atoms with van der Waals surface area (Å²) < 4.78 is 0. The predicted molar refractivity (Wildman–Crippen MR) is 68.2 cm³/mol. The van der Waals surface area contributed by atoms with Crippen molar-refractivity contribution in [2.45, 2.75) is 51.7 Å². The third kappa shape index (κ3) is 2.84. The minimum atomic E-state index is -1.20. The van der Waals surface area contributed by atoms with Crippen LogP contribution in [0.2, 0.25) is 19.6 Å². The van der Waals surface area contributed by atoms with Crippen molar-refractivity contribution in [3.63, 3.8) is 0 Å². The van der Waals surface area contributed by atoms with E-state index in [1.54, 1.807) is 0 Å². The zero-order chi connectivity index (χ0) is 10.8. The van der Waals surface area contributed by atoms with Gasteiger partial charge in [0, 0.05) is 0 Å². The molecule has 0 aliphatic heterocycles. The van der Waals surface area contributed by atoms with E-state index in [2.05, 4.69) is 32.8 Å². The molecular weight excluding hydrogens is 184 g/mol. The Morgan fingerprint density at radius 1 is 1.00 bits per heavy atom. The Morgan fingerprint density at radius 2 is 1.50 bits per heavy atom. The largest absolute Gasteiger partial charge is 0.0996 e. The summed E-state index contributed by atoms with van der Waals surface area (Å²) in [6.45, 7) is 15.6. The van der Waals surface area contributed by atoms with Crippen LogP contribution in [0, 0.1) is 5.92 Å². The maximum absolute atomic E-state index is 4.28. The van der Waals surface area contributed by atoms with Crippen LogP contribution in [0.25, 0.3) is 0 Å². The minimum absolute atomic E-state index is 0.753. The summed E-state index contributed by atoms with van der Waals surface area (Å²) in [6, 6.07) is 0. The van der Waals surface area contributed by atoms with Crippen LogP contribution in [0.4, 0.5) is 0 Å². The zero-order valence-corrected chi connectivity index (χ0v) is 11.0. The van der Waals surface area contributed by atoms with Crippen LogP contribution in [0.15, 0.2) is 23.9 Å². The van der Waals surface area contributed by atoms with E-state index in [-0.39, 0.29) is 0 Å². The first-order valence-electron chi connectivity index (χ1n) is 5.81. The third-order valence-corrected chi connectivity index (χ3v) is 5.52. The van der Waals surface area contributed by atoms with Gasteiger partial charge in [-0.15, -0.1) is 0 Å². The van der Waals surface area contributed by atoms with E-state index in [1.165, 1.54) is 42.9 Å². The summed E-state index contributed by atoms with van der Waals surface area (Å²) in [5, 5.41) is 1.39. The van der Waals surface area contributed by atoms with E-state index in [0.717, 1.165) is 5.92 Å². The van der Waals surface area contributed by atoms with Crippen LogP contribution in [0.5, 0.6) is 0 Å². The fourth-order valence-corrected chi connectivity index (χ4v) is 3.35. The van der Waals surface area contributed by atoms with Crippen LogP contribution in [-0.4, -0.2) is 8.07 Å². The summed E-state index contributed by atoms with van der Waals surface area (Å²) in [5.41, 5.74) is 1.38. The summed E-state index contributed by atoms with van der Waals surface area (Å²) in [5.74, 6) is 0.753. The molecule has 0 atom stereocenters. The van der Waals surface area contributed by atoms with Crippen LogP contribution in [-0.2, 0) is 0 Å². The number of hydrogen-bond acceptors (Lipinski definition) is 0. The van der Waals surface area contributed by atoms with Gasteiger partial charge < -0.3 is 0 Å². The van der Waals surface area contributed by atoms with Crippen molar-refractivity contribution in [2.24, 2.45) is 5.92 Å². The monoisotopic (exact) mass is 208 g/mol. The van der Waals surface area contributed by atoms with Crippen molar-refractivity contribution in [1.82, 2.24) is 0 Å². The average molecular weight is 208 g/mol. The van der Waals surface area contributed by atoms with Gasteiger partial charge in [0.1, 0.15) is 0 Å². The van der Waals surface area contributed by atoms with E-state index < -0.39 is 8.07 Å². The minimum Gasteiger partial charge on any atom is -0.0996 e. The molecule has 0 heterocycles. The van der Waals surface area contributed by atoms with Crippen molar-refractivity contribution in [2.75, 3.05) is 0 Å². The molecule has 14 heavy (non-hydrogen) atoms. The van der Waals surface area contributed by atoms with E-state index >= 15 is 0 Å². The van der Waals surface area contributed by atoms with E-state index in [1.807, 2.05) is 0 Å². The van der Waals surface area contributed by atoms with E-state index in [4.69, 9.17) is 0 Å². The molecule has 0 saturated heterocycles. The molecule has 0 N–H and O–H groups in total. The van der Waals surface area contributed by atoms with Gasteiger partial charge in [-0.25, -0.2) is 0 Å². The average Bonchev–Trinajstić information content (AvgIpc) is 2.15. The first-order valence-corrected chi connectivity index (χ1v) is 9.31. The Labute approximate surface area is 90.1 Å². The lowest BCUT2D eigenvalue weighted by Crippen LogP contribution is -2.27. The number of allylic oxidation sites excluding steroid dienone is 2. The van der Waals surface area contributed by atoms with Crippen LogP contribution in [0.1, 0.15) is 32.1 Å². The highest BCUT2D eigenvalue weighted by Crippen LogP contribution is 2.34. The normalized spacial score (nSPS) is 19.4. The number of hydrogen-bond donors (Lipinski definition) is 0. The van der Waals surface area contributed by atoms with Crippen LogP contribution in [0.3, 0.4) is 0 Å². The molecule has 0 aromatic heterocycles. The fraction of sp³-hybridized carbons (Fsp3) is 0.692. The maximum atomic E-state index is 4.28. The molecule has 1 saturated carbocycles. The quantitative estimate of drug-likeness (QED) is 0.471. The van der Waals surface area contributed by atoms with Gasteiger partial charge in [-0.2, -0.15) is 0 Å². The van der Waals surface area contributed by atoms with Gasteiger partial charge in [-0.05, 0) is 18.8 Å². The molecule has 1 rings (SSSR count). The first kappa shape index (κ1) is 11.8. The molecule has 1 aliphatic rings. The van der Waals surface area contributed by atoms with Gasteiger partial charge in [0.05, 0.1) is 8.07 Å². The smallest absolute Gasteiger partial charge is 0.0771 e. The molecule has 80 valence electrons. The molecule has 0 nitrogen and oxygen atoms in total. The summed E-state index contributed by atoms with van der Waals surface area (Å²) in [6.07, 6.45) is 6.90. The SMILES string of the molecule is C=C(C(=C)[Si](C)(C)C)C1CCCCC1. The van der Waals surface area contributed by atoms with E-state index in [0.29, 0.717) is 0 Å². The molecule has 0 radical (unpaired) electrons. The predicted octanol–water partition coefficient (Wildman–Crippen LogP) is 4.56. The van der Waals surface area contributed by atoms with Crippen LogP contribution >= 0.6 is 0 Å². The van der Waals surface area contributed by atoms with Crippen molar-refractivity contribution in [1.29, 1.82) is 0 Å². The Balaban J connectivity index is 2.60. The number of rotatable bonds is 3. The van der Waals surface area contributed by atoms with Crippen molar-refractivity contribution in [3.05, 3.63) is 23.9 Å². The highest BCUT2D eigenvalue weighted by atomic mass is 28.3. The molecule has 0 bridgehead atoms. The molecular formula is C13H24Si. The molecule has 1 fully saturated rings. The molecule has 0 amide bonds. The van der Waals surface area contributed by atoms with Gasteiger partial charge in [0.2, 0.25) is 0 Å². The van der Waals surface area contributed by atoms with Crippen molar-refractivity contribution in [3.8, 4) is 0 Å². The molecule has 0 spiro atoms. The fourth-order valence-electron chi connectivity index (χ4n) is 2.18.